The first-order valence-corrected chi connectivity index (χ1v) is 5.48. The van der Waals surface area contributed by atoms with Crippen LogP contribution in [0.1, 0.15) is 0 Å². The van der Waals surface area contributed by atoms with Crippen LogP contribution in [-0.2, 0) is 0 Å². The van der Waals surface area contributed by atoms with Gasteiger partial charge in [0.15, 0.2) is 5.76 Å². The highest BCUT2D eigenvalue weighted by atomic mass is 35.5. The second kappa shape index (κ2) is 4.19. The lowest BCUT2D eigenvalue weighted by Crippen LogP contribution is -1.79. The van der Waals surface area contributed by atoms with Crippen molar-refractivity contribution < 1.29 is 14.0 Å². The number of hydrogen-bond donors (Lipinski definition) is 1. The van der Waals surface area contributed by atoms with Gasteiger partial charge in [0.05, 0.1) is 11.3 Å². The van der Waals surface area contributed by atoms with Crippen molar-refractivity contribution in [1.82, 2.24) is 10.1 Å². The van der Waals surface area contributed by atoms with Crippen molar-refractivity contribution >= 4 is 11.6 Å². The van der Waals surface area contributed by atoms with Crippen molar-refractivity contribution in [3.8, 4) is 28.8 Å². The Balaban J connectivity index is 2.00. The first kappa shape index (κ1) is 10.9. The van der Waals surface area contributed by atoms with Crippen molar-refractivity contribution in [2.24, 2.45) is 0 Å². The summed E-state index contributed by atoms with van der Waals surface area (Å²) in [5.74, 6) is 1.20. The van der Waals surface area contributed by atoms with Crippen LogP contribution in [0.4, 0.5) is 0 Å². The van der Waals surface area contributed by atoms with Crippen molar-refractivity contribution in [3.05, 3.63) is 41.6 Å². The highest BCUT2D eigenvalue weighted by Gasteiger charge is 2.13. The number of phenols is 1. The number of furan rings is 1. The summed E-state index contributed by atoms with van der Waals surface area (Å²) in [5.41, 5.74) is 0.628. The van der Waals surface area contributed by atoms with Gasteiger partial charge in [-0.3, -0.25) is 0 Å². The van der Waals surface area contributed by atoms with E-state index in [0.29, 0.717) is 23.0 Å². The molecular formula is C12H7ClN2O3. The van der Waals surface area contributed by atoms with Gasteiger partial charge in [0.1, 0.15) is 5.75 Å². The largest absolute Gasteiger partial charge is 0.506 e. The van der Waals surface area contributed by atoms with Crippen LogP contribution in [0.25, 0.3) is 23.0 Å². The lowest BCUT2D eigenvalue weighted by molar-refractivity contribution is 0.429. The molecule has 0 unspecified atom stereocenters. The van der Waals surface area contributed by atoms with Crippen LogP contribution in [0.2, 0.25) is 5.02 Å². The Morgan fingerprint density at radius 2 is 2.11 bits per heavy atom. The number of aromatic hydroxyl groups is 1. The molecular weight excluding hydrogens is 256 g/mol. The number of benzene rings is 1. The average Bonchev–Trinajstić information content (AvgIpc) is 3.01. The van der Waals surface area contributed by atoms with Gasteiger partial charge >= 0.3 is 0 Å². The SMILES string of the molecule is Oc1ccc(-c2nc(-c3ccco3)no2)cc1Cl. The van der Waals surface area contributed by atoms with E-state index in [4.69, 9.17) is 20.5 Å². The summed E-state index contributed by atoms with van der Waals surface area (Å²) in [6.07, 6.45) is 1.53. The molecule has 0 fully saturated rings. The van der Waals surface area contributed by atoms with E-state index < -0.39 is 0 Å². The number of aromatic nitrogens is 2. The molecule has 5 nitrogen and oxygen atoms in total. The Hall–Kier alpha value is -2.27. The van der Waals surface area contributed by atoms with Gasteiger partial charge in [0.2, 0.25) is 5.82 Å². The number of rotatable bonds is 2. The smallest absolute Gasteiger partial charge is 0.258 e. The summed E-state index contributed by atoms with van der Waals surface area (Å²) < 4.78 is 10.3. The van der Waals surface area contributed by atoms with Crippen LogP contribution in [0.3, 0.4) is 0 Å². The fourth-order valence-corrected chi connectivity index (χ4v) is 1.67. The maximum atomic E-state index is 9.33. The molecule has 0 radical (unpaired) electrons. The van der Waals surface area contributed by atoms with E-state index in [1.165, 1.54) is 12.3 Å². The van der Waals surface area contributed by atoms with Crippen molar-refractivity contribution in [3.63, 3.8) is 0 Å². The molecule has 0 aliphatic carbocycles. The molecule has 1 aromatic carbocycles. The van der Waals surface area contributed by atoms with Gasteiger partial charge in [-0.1, -0.05) is 16.8 Å². The molecule has 0 saturated carbocycles. The summed E-state index contributed by atoms with van der Waals surface area (Å²) in [7, 11) is 0. The molecule has 0 aliphatic heterocycles. The predicted octanol–water partition coefficient (Wildman–Crippen LogP) is 3.36. The zero-order valence-electron chi connectivity index (χ0n) is 9.00. The number of phenolic OH excluding ortho intramolecular Hbond substituents is 1. The lowest BCUT2D eigenvalue weighted by Gasteiger charge is -1.97. The molecule has 0 spiro atoms. The standard InChI is InChI=1S/C12H7ClN2O3/c13-8-6-7(3-4-9(8)16)12-14-11(15-18-12)10-2-1-5-17-10/h1-6,16H. The Morgan fingerprint density at radius 1 is 1.22 bits per heavy atom. The first-order chi connectivity index (χ1) is 8.74. The molecule has 2 heterocycles. The first-order valence-electron chi connectivity index (χ1n) is 5.10. The number of hydrogen-bond acceptors (Lipinski definition) is 5. The molecule has 18 heavy (non-hydrogen) atoms. The van der Waals surface area contributed by atoms with E-state index >= 15 is 0 Å². The third-order valence-corrected chi connectivity index (χ3v) is 2.66. The normalized spacial score (nSPS) is 10.7. The minimum Gasteiger partial charge on any atom is -0.506 e. The van der Waals surface area contributed by atoms with Gasteiger partial charge in [-0.05, 0) is 30.3 Å². The van der Waals surface area contributed by atoms with Crippen molar-refractivity contribution in [2.45, 2.75) is 0 Å². The van der Waals surface area contributed by atoms with Crippen LogP contribution >= 0.6 is 11.6 Å². The molecule has 3 aromatic rings. The molecule has 6 heteroatoms. The molecule has 1 N–H and O–H groups in total. The zero-order valence-corrected chi connectivity index (χ0v) is 9.76. The number of nitrogens with zero attached hydrogens (tertiary/aromatic N) is 2. The molecule has 0 saturated heterocycles. The Labute approximate surface area is 107 Å². The summed E-state index contributed by atoms with van der Waals surface area (Å²) in [5, 5.41) is 13.4. The third-order valence-electron chi connectivity index (χ3n) is 2.36. The lowest BCUT2D eigenvalue weighted by atomic mass is 10.2. The second-order valence-corrected chi connectivity index (χ2v) is 3.97. The van der Waals surface area contributed by atoms with E-state index in [-0.39, 0.29) is 10.8 Å². The van der Waals surface area contributed by atoms with Gasteiger partial charge in [0, 0.05) is 5.56 Å². The van der Waals surface area contributed by atoms with Crippen LogP contribution < -0.4 is 0 Å². The molecule has 90 valence electrons. The monoisotopic (exact) mass is 262 g/mol. The van der Waals surface area contributed by atoms with Gasteiger partial charge in [-0.25, -0.2) is 0 Å². The van der Waals surface area contributed by atoms with Crippen LogP contribution in [0.5, 0.6) is 5.75 Å². The van der Waals surface area contributed by atoms with E-state index in [9.17, 15) is 5.11 Å². The Kier molecular flexibility index (Phi) is 2.53. The van der Waals surface area contributed by atoms with Gasteiger partial charge in [-0.2, -0.15) is 4.98 Å². The quantitative estimate of drug-likeness (QED) is 0.767. The Morgan fingerprint density at radius 3 is 2.83 bits per heavy atom. The predicted molar refractivity (Wildman–Crippen MR) is 64.1 cm³/mol. The van der Waals surface area contributed by atoms with Crippen molar-refractivity contribution in [2.75, 3.05) is 0 Å². The summed E-state index contributed by atoms with van der Waals surface area (Å²) in [6, 6.07) is 8.13. The maximum absolute atomic E-state index is 9.33. The van der Waals surface area contributed by atoms with E-state index in [1.807, 2.05) is 0 Å². The summed E-state index contributed by atoms with van der Waals surface area (Å²) in [6.45, 7) is 0. The van der Waals surface area contributed by atoms with Crippen LogP contribution in [0.15, 0.2) is 45.5 Å². The third kappa shape index (κ3) is 1.84. The van der Waals surface area contributed by atoms with Gasteiger partial charge < -0.3 is 14.0 Å². The second-order valence-electron chi connectivity index (χ2n) is 3.57. The fraction of sp³-hybridized carbons (Fsp3) is 0. The molecule has 0 bridgehead atoms. The Bertz CT molecular complexity index is 676. The van der Waals surface area contributed by atoms with Crippen LogP contribution in [-0.4, -0.2) is 15.2 Å². The van der Waals surface area contributed by atoms with E-state index in [0.717, 1.165) is 0 Å². The highest BCUT2D eigenvalue weighted by molar-refractivity contribution is 6.32. The molecule has 0 aliphatic rings. The highest BCUT2D eigenvalue weighted by Crippen LogP contribution is 2.29. The summed E-state index contributed by atoms with van der Waals surface area (Å²) >= 11 is 5.81. The average molecular weight is 263 g/mol. The maximum Gasteiger partial charge on any atom is 0.258 e. The molecule has 0 atom stereocenters. The van der Waals surface area contributed by atoms with E-state index in [1.54, 1.807) is 24.3 Å². The van der Waals surface area contributed by atoms with Gasteiger partial charge in [-0.15, -0.1) is 0 Å². The zero-order chi connectivity index (χ0) is 12.5. The fourth-order valence-electron chi connectivity index (χ4n) is 1.49. The molecule has 3 rings (SSSR count). The van der Waals surface area contributed by atoms with E-state index in [2.05, 4.69) is 10.1 Å². The topological polar surface area (TPSA) is 72.3 Å². The van der Waals surface area contributed by atoms with Crippen LogP contribution in [0, 0.1) is 0 Å². The minimum atomic E-state index is 0.00573. The minimum absolute atomic E-state index is 0.00573. The van der Waals surface area contributed by atoms with Gasteiger partial charge in [0.25, 0.3) is 5.89 Å². The molecule has 0 amide bonds. The molecule has 2 aromatic heterocycles. The number of halogens is 1. The summed E-state index contributed by atoms with van der Waals surface area (Å²) in [4.78, 5) is 4.18. The van der Waals surface area contributed by atoms with Crippen molar-refractivity contribution in [1.29, 1.82) is 0 Å².